The molecule has 3 aromatic rings. The van der Waals surface area contributed by atoms with Crippen molar-refractivity contribution >= 4 is 39.4 Å². The Labute approximate surface area is 202 Å². The van der Waals surface area contributed by atoms with Gasteiger partial charge in [0.15, 0.2) is 0 Å². The molecule has 182 valence electrons. The predicted molar refractivity (Wildman–Crippen MR) is 132 cm³/mol. The molecule has 34 heavy (non-hydrogen) atoms. The van der Waals surface area contributed by atoms with Gasteiger partial charge in [-0.3, -0.25) is 9.40 Å². The Kier molecular flexibility index (Phi) is 7.62. The van der Waals surface area contributed by atoms with Gasteiger partial charge in [0.05, 0.1) is 17.6 Å². The third-order valence-corrected chi connectivity index (χ3v) is 5.43. The number of amides is 1. The van der Waals surface area contributed by atoms with E-state index in [0.29, 0.717) is 45.7 Å². The SMILES string of the molecule is CC(C)n1cc(-c2ccnc(NC[C@H](C)NC(=O)O)n2)c(-c2cc(Cl)cc(NS(C)(=O)=O)c2)n1. The van der Waals surface area contributed by atoms with Crippen LogP contribution in [-0.4, -0.2) is 58.2 Å². The minimum Gasteiger partial charge on any atom is -0.465 e. The lowest BCUT2D eigenvalue weighted by Crippen LogP contribution is -2.36. The number of nitrogens with zero attached hydrogens (tertiary/aromatic N) is 4. The van der Waals surface area contributed by atoms with Gasteiger partial charge in [-0.1, -0.05) is 11.6 Å². The van der Waals surface area contributed by atoms with Crippen LogP contribution in [-0.2, 0) is 10.0 Å². The van der Waals surface area contributed by atoms with Gasteiger partial charge < -0.3 is 15.7 Å². The van der Waals surface area contributed by atoms with Gasteiger partial charge >= 0.3 is 6.09 Å². The van der Waals surface area contributed by atoms with Crippen LogP contribution in [0.15, 0.2) is 36.7 Å². The number of anilines is 2. The zero-order valence-electron chi connectivity index (χ0n) is 19.1. The molecule has 0 radical (unpaired) electrons. The number of sulfonamides is 1. The van der Waals surface area contributed by atoms with E-state index in [1.54, 1.807) is 36.0 Å². The first-order chi connectivity index (χ1) is 15.9. The smallest absolute Gasteiger partial charge is 0.404 e. The Bertz CT molecular complexity index is 1290. The van der Waals surface area contributed by atoms with Gasteiger partial charge in [-0.25, -0.2) is 23.2 Å². The second kappa shape index (κ2) is 10.3. The summed E-state index contributed by atoms with van der Waals surface area (Å²) in [6.07, 6.45) is 3.39. The lowest BCUT2D eigenvalue weighted by Gasteiger charge is -2.12. The summed E-state index contributed by atoms with van der Waals surface area (Å²) in [6.45, 7) is 5.98. The van der Waals surface area contributed by atoms with Gasteiger partial charge in [0.25, 0.3) is 0 Å². The van der Waals surface area contributed by atoms with Crippen LogP contribution in [0.25, 0.3) is 22.5 Å². The number of carbonyl (C=O) groups is 1. The molecule has 1 amide bonds. The van der Waals surface area contributed by atoms with E-state index < -0.39 is 16.1 Å². The van der Waals surface area contributed by atoms with Crippen molar-refractivity contribution in [3.63, 3.8) is 0 Å². The van der Waals surface area contributed by atoms with Crippen molar-refractivity contribution < 1.29 is 18.3 Å². The average molecular weight is 508 g/mol. The van der Waals surface area contributed by atoms with Crippen molar-refractivity contribution in [3.05, 3.63) is 41.7 Å². The van der Waals surface area contributed by atoms with Crippen LogP contribution in [0.4, 0.5) is 16.4 Å². The lowest BCUT2D eigenvalue weighted by molar-refractivity contribution is 0.191. The van der Waals surface area contributed by atoms with E-state index in [9.17, 15) is 13.2 Å². The van der Waals surface area contributed by atoms with Crippen molar-refractivity contribution in [2.45, 2.75) is 32.9 Å². The molecule has 13 heteroatoms. The highest BCUT2D eigenvalue weighted by atomic mass is 35.5. The maximum Gasteiger partial charge on any atom is 0.404 e. The fourth-order valence-electron chi connectivity index (χ4n) is 3.16. The van der Waals surface area contributed by atoms with E-state index in [4.69, 9.17) is 21.8 Å². The Morgan fingerprint density at radius 2 is 1.97 bits per heavy atom. The number of halogens is 1. The number of hydrogen-bond acceptors (Lipinski definition) is 7. The van der Waals surface area contributed by atoms with Crippen LogP contribution >= 0.6 is 11.6 Å². The predicted octanol–water partition coefficient (Wildman–Crippen LogP) is 3.68. The van der Waals surface area contributed by atoms with Crippen LogP contribution in [0.1, 0.15) is 26.8 Å². The molecule has 0 bridgehead atoms. The molecule has 0 saturated carbocycles. The molecular weight excluding hydrogens is 482 g/mol. The lowest BCUT2D eigenvalue weighted by atomic mass is 10.1. The molecular formula is C21H26ClN7O4S. The molecule has 11 nitrogen and oxygen atoms in total. The van der Waals surface area contributed by atoms with E-state index in [2.05, 4.69) is 25.3 Å². The Balaban J connectivity index is 2.01. The molecule has 0 aliphatic carbocycles. The Hall–Kier alpha value is -3.38. The standard InChI is InChI=1S/C21H26ClN7O4S/c1-12(2)29-11-17(18-5-6-23-20(26-18)24-10-13(3)25-21(30)31)19(27-29)14-7-15(22)9-16(8-14)28-34(4,32)33/h5-9,11-13,25,28H,10H2,1-4H3,(H,30,31)(H,23,24,26)/t13-/m0/s1. The summed E-state index contributed by atoms with van der Waals surface area (Å²) in [4.78, 5) is 19.6. The minimum atomic E-state index is -3.50. The van der Waals surface area contributed by atoms with E-state index in [1.807, 2.05) is 20.0 Å². The van der Waals surface area contributed by atoms with Gasteiger partial charge in [0.1, 0.15) is 5.69 Å². The largest absolute Gasteiger partial charge is 0.465 e. The van der Waals surface area contributed by atoms with Crippen LogP contribution in [0, 0.1) is 0 Å². The van der Waals surface area contributed by atoms with Crippen LogP contribution < -0.4 is 15.4 Å². The zero-order chi connectivity index (χ0) is 25.0. The first-order valence-corrected chi connectivity index (χ1v) is 12.6. The van der Waals surface area contributed by atoms with Gasteiger partial charge in [-0.15, -0.1) is 0 Å². The first-order valence-electron chi connectivity index (χ1n) is 10.4. The fraction of sp³-hybridized carbons (Fsp3) is 0.333. The van der Waals surface area contributed by atoms with Crippen molar-refractivity contribution in [2.75, 3.05) is 22.8 Å². The van der Waals surface area contributed by atoms with Crippen molar-refractivity contribution in [1.29, 1.82) is 0 Å². The number of rotatable bonds is 9. The van der Waals surface area contributed by atoms with Crippen molar-refractivity contribution in [2.24, 2.45) is 0 Å². The molecule has 3 rings (SSSR count). The topological polar surface area (TPSA) is 151 Å². The number of carboxylic acid groups (broad SMARTS) is 1. The summed E-state index contributed by atoms with van der Waals surface area (Å²) in [5, 5.41) is 19.3. The Morgan fingerprint density at radius 1 is 1.24 bits per heavy atom. The monoisotopic (exact) mass is 507 g/mol. The van der Waals surface area contributed by atoms with Gasteiger partial charge in [-0.2, -0.15) is 5.10 Å². The number of benzene rings is 1. The molecule has 0 aliphatic heterocycles. The summed E-state index contributed by atoms with van der Waals surface area (Å²) in [5.41, 5.74) is 2.78. The molecule has 4 N–H and O–H groups in total. The molecule has 2 aromatic heterocycles. The maximum atomic E-state index is 11.7. The molecule has 1 aromatic carbocycles. The number of aromatic nitrogens is 4. The molecule has 1 atom stereocenters. The normalized spacial score (nSPS) is 12.4. The highest BCUT2D eigenvalue weighted by Gasteiger charge is 2.18. The second-order valence-electron chi connectivity index (χ2n) is 8.06. The van der Waals surface area contributed by atoms with E-state index in [0.717, 1.165) is 6.26 Å². The summed E-state index contributed by atoms with van der Waals surface area (Å²) >= 11 is 6.28. The van der Waals surface area contributed by atoms with Crippen LogP contribution in [0.2, 0.25) is 5.02 Å². The quantitative estimate of drug-likeness (QED) is 0.342. The van der Waals surface area contributed by atoms with Crippen molar-refractivity contribution in [3.8, 4) is 22.5 Å². The molecule has 0 saturated heterocycles. The maximum absolute atomic E-state index is 11.7. The second-order valence-corrected chi connectivity index (χ2v) is 10.2. The molecule has 0 unspecified atom stereocenters. The van der Waals surface area contributed by atoms with E-state index in [-0.39, 0.29) is 12.1 Å². The van der Waals surface area contributed by atoms with Gasteiger partial charge in [-0.05, 0) is 45.0 Å². The highest BCUT2D eigenvalue weighted by Crippen LogP contribution is 2.34. The molecule has 0 spiro atoms. The zero-order valence-corrected chi connectivity index (χ0v) is 20.6. The van der Waals surface area contributed by atoms with Crippen molar-refractivity contribution in [1.82, 2.24) is 25.1 Å². The highest BCUT2D eigenvalue weighted by molar-refractivity contribution is 7.92. The summed E-state index contributed by atoms with van der Waals surface area (Å²) in [6, 6.07) is 6.31. The minimum absolute atomic E-state index is 0.0580. The summed E-state index contributed by atoms with van der Waals surface area (Å²) in [5.74, 6) is 0.324. The molecule has 0 aliphatic rings. The van der Waals surface area contributed by atoms with Crippen LogP contribution in [0.3, 0.4) is 0 Å². The van der Waals surface area contributed by atoms with Crippen LogP contribution in [0.5, 0.6) is 0 Å². The average Bonchev–Trinajstić information content (AvgIpc) is 3.16. The third-order valence-electron chi connectivity index (χ3n) is 4.60. The molecule has 2 heterocycles. The summed E-state index contributed by atoms with van der Waals surface area (Å²) < 4.78 is 27.6. The van der Waals surface area contributed by atoms with E-state index in [1.165, 1.54) is 6.07 Å². The fourth-order valence-corrected chi connectivity index (χ4v) is 3.94. The Morgan fingerprint density at radius 3 is 2.62 bits per heavy atom. The molecule has 0 fully saturated rings. The number of nitrogens with one attached hydrogen (secondary N) is 3. The van der Waals surface area contributed by atoms with Gasteiger partial charge in [0.2, 0.25) is 16.0 Å². The number of hydrogen-bond donors (Lipinski definition) is 4. The third kappa shape index (κ3) is 6.81. The van der Waals surface area contributed by atoms with E-state index >= 15 is 0 Å². The van der Waals surface area contributed by atoms with Gasteiger partial charge in [0, 0.05) is 47.2 Å². The summed E-state index contributed by atoms with van der Waals surface area (Å²) in [7, 11) is -3.50. The first kappa shape index (κ1) is 25.2.